The first-order valence-electron chi connectivity index (χ1n) is 11.1. The van der Waals surface area contributed by atoms with Crippen LogP contribution in [-0.2, 0) is 13.1 Å². The van der Waals surface area contributed by atoms with Crippen molar-refractivity contribution in [3.63, 3.8) is 0 Å². The largest absolute Gasteiger partial charge is 0.350 e. The van der Waals surface area contributed by atoms with E-state index >= 15 is 0 Å². The molecule has 0 aliphatic heterocycles. The summed E-state index contributed by atoms with van der Waals surface area (Å²) in [7, 11) is 0. The minimum Gasteiger partial charge on any atom is -0.350 e. The predicted molar refractivity (Wildman–Crippen MR) is 133 cm³/mol. The van der Waals surface area contributed by atoms with E-state index < -0.39 is 0 Å². The normalized spacial score (nSPS) is 11.1. The van der Waals surface area contributed by atoms with Gasteiger partial charge in [-0.1, -0.05) is 91.9 Å². The molecule has 0 bridgehead atoms. The zero-order chi connectivity index (χ0) is 22.6. The van der Waals surface area contributed by atoms with Gasteiger partial charge in [-0.05, 0) is 32.7 Å². The van der Waals surface area contributed by atoms with Gasteiger partial charge in [-0.15, -0.1) is 5.10 Å². The quantitative estimate of drug-likeness (QED) is 0.335. The minimum atomic E-state index is -0.110. The van der Waals surface area contributed by atoms with Crippen LogP contribution in [0.5, 0.6) is 0 Å². The lowest BCUT2D eigenvalue weighted by atomic mass is 10.0. The molecule has 33 heavy (non-hydrogen) atoms. The van der Waals surface area contributed by atoms with Crippen LogP contribution in [0.2, 0.25) is 0 Å². The Morgan fingerprint density at radius 1 is 0.758 bits per heavy atom. The number of carbonyl (C=O) groups is 1. The Morgan fingerprint density at radius 3 is 1.91 bits per heavy atom. The molecule has 0 spiro atoms. The molecule has 0 amide bonds. The highest BCUT2D eigenvalue weighted by Crippen LogP contribution is 2.21. The van der Waals surface area contributed by atoms with Crippen molar-refractivity contribution in [2.75, 3.05) is 10.6 Å². The summed E-state index contributed by atoms with van der Waals surface area (Å²) in [6.45, 7) is 2.93. The van der Waals surface area contributed by atoms with E-state index in [4.69, 9.17) is 0 Å². The van der Waals surface area contributed by atoms with Gasteiger partial charge in [0.25, 0.3) is 0 Å². The third-order valence-electron chi connectivity index (χ3n) is 5.78. The van der Waals surface area contributed by atoms with Gasteiger partial charge in [-0.3, -0.25) is 4.79 Å². The van der Waals surface area contributed by atoms with Crippen molar-refractivity contribution in [1.29, 1.82) is 0 Å². The summed E-state index contributed by atoms with van der Waals surface area (Å²) in [6, 6.07) is 29.0. The summed E-state index contributed by atoms with van der Waals surface area (Å²) in [6.07, 6.45) is 0.342. The molecule has 4 aromatic carbocycles. The second-order valence-corrected chi connectivity index (χ2v) is 7.90. The highest BCUT2D eigenvalue weighted by molar-refractivity contribution is 5.87. The number of aromatic nitrogens is 3. The van der Waals surface area contributed by atoms with E-state index in [-0.39, 0.29) is 5.91 Å². The molecule has 0 aliphatic rings. The molecule has 0 fully saturated rings. The molecule has 6 heteroatoms. The van der Waals surface area contributed by atoms with E-state index in [0.717, 1.165) is 11.1 Å². The average Bonchev–Trinajstić information content (AvgIpc) is 3.28. The molecule has 1 heterocycles. The predicted octanol–water partition coefficient (Wildman–Crippen LogP) is 5.86. The van der Waals surface area contributed by atoms with Crippen molar-refractivity contribution in [3.8, 4) is 0 Å². The summed E-state index contributed by atoms with van der Waals surface area (Å²) in [5, 5.41) is 15.8. The highest BCUT2D eigenvalue weighted by atomic mass is 16.2. The van der Waals surface area contributed by atoms with Crippen LogP contribution in [0.1, 0.15) is 29.3 Å². The third kappa shape index (κ3) is 4.28. The van der Waals surface area contributed by atoms with Gasteiger partial charge in [0.15, 0.2) is 0 Å². The Bertz CT molecular complexity index is 1430. The van der Waals surface area contributed by atoms with Gasteiger partial charge in [0, 0.05) is 19.5 Å². The number of fused-ring (bicyclic) bond motifs is 2. The molecule has 164 valence electrons. The van der Waals surface area contributed by atoms with Crippen molar-refractivity contribution in [3.05, 3.63) is 96.1 Å². The van der Waals surface area contributed by atoms with Gasteiger partial charge in [0.05, 0.1) is 0 Å². The second-order valence-electron chi connectivity index (χ2n) is 7.90. The Hall–Kier alpha value is -4.19. The van der Waals surface area contributed by atoms with Crippen LogP contribution in [0.4, 0.5) is 11.9 Å². The van der Waals surface area contributed by atoms with Gasteiger partial charge < -0.3 is 10.6 Å². The first-order chi connectivity index (χ1) is 16.2. The molecule has 0 aliphatic carbocycles. The summed E-state index contributed by atoms with van der Waals surface area (Å²) in [5.74, 6) is 0.751. The Morgan fingerprint density at radius 2 is 1.30 bits per heavy atom. The van der Waals surface area contributed by atoms with Gasteiger partial charge in [0.1, 0.15) is 0 Å². The molecular weight excluding hydrogens is 410 g/mol. The topological polar surface area (TPSA) is 71.8 Å². The fourth-order valence-electron chi connectivity index (χ4n) is 4.07. The standard InChI is InChI=1S/C27H25N5O/c1-2-25(33)32-27(29-18-22-14-8-12-20-10-4-6-16-24(20)22)30-26(31-32)28-17-21-13-7-11-19-9-3-5-15-23(19)21/h3-16H,2,17-18H2,1H3,(H2,28,29,30,31). The number of anilines is 2. The number of hydrogen-bond acceptors (Lipinski definition) is 5. The van der Waals surface area contributed by atoms with E-state index in [1.165, 1.54) is 26.2 Å². The minimum absolute atomic E-state index is 0.110. The number of nitrogens with one attached hydrogen (secondary N) is 2. The molecule has 0 radical (unpaired) electrons. The SMILES string of the molecule is CCC(=O)n1nc(NCc2cccc3ccccc23)nc1NCc1cccc2ccccc12. The molecule has 0 saturated carbocycles. The smallest absolute Gasteiger partial charge is 0.249 e. The summed E-state index contributed by atoms with van der Waals surface area (Å²) < 4.78 is 1.36. The maximum absolute atomic E-state index is 12.5. The third-order valence-corrected chi connectivity index (χ3v) is 5.78. The maximum atomic E-state index is 12.5. The molecule has 0 saturated heterocycles. The van der Waals surface area contributed by atoms with Crippen molar-refractivity contribution < 1.29 is 4.79 Å². The van der Waals surface area contributed by atoms with Crippen LogP contribution in [0.25, 0.3) is 21.5 Å². The molecular formula is C27H25N5O. The molecule has 2 N–H and O–H groups in total. The number of hydrogen-bond donors (Lipinski definition) is 2. The average molecular weight is 436 g/mol. The monoisotopic (exact) mass is 435 g/mol. The lowest BCUT2D eigenvalue weighted by Gasteiger charge is -2.09. The van der Waals surface area contributed by atoms with Gasteiger partial charge in [0.2, 0.25) is 17.8 Å². The Labute approximate surface area is 192 Å². The van der Waals surface area contributed by atoms with E-state index in [1.54, 1.807) is 0 Å². The number of benzene rings is 4. The maximum Gasteiger partial charge on any atom is 0.249 e. The van der Waals surface area contributed by atoms with E-state index in [2.05, 4.69) is 69.2 Å². The van der Waals surface area contributed by atoms with Crippen LogP contribution >= 0.6 is 0 Å². The fraction of sp³-hybridized carbons (Fsp3) is 0.148. The van der Waals surface area contributed by atoms with Gasteiger partial charge >= 0.3 is 0 Å². The number of rotatable bonds is 7. The van der Waals surface area contributed by atoms with Crippen molar-refractivity contribution in [2.45, 2.75) is 26.4 Å². The molecule has 5 rings (SSSR count). The molecule has 1 aromatic heterocycles. The number of nitrogens with zero attached hydrogens (tertiary/aromatic N) is 3. The van der Waals surface area contributed by atoms with Gasteiger partial charge in [-0.2, -0.15) is 9.67 Å². The summed E-state index contributed by atoms with van der Waals surface area (Å²) >= 11 is 0. The first-order valence-corrected chi connectivity index (χ1v) is 11.1. The fourth-order valence-corrected chi connectivity index (χ4v) is 4.07. The number of carbonyl (C=O) groups excluding carboxylic acids is 1. The lowest BCUT2D eigenvalue weighted by molar-refractivity contribution is 0.0895. The van der Waals surface area contributed by atoms with E-state index in [9.17, 15) is 4.79 Å². The van der Waals surface area contributed by atoms with E-state index in [0.29, 0.717) is 31.4 Å². The van der Waals surface area contributed by atoms with Crippen LogP contribution < -0.4 is 10.6 Å². The molecule has 0 unspecified atom stereocenters. The first kappa shape index (κ1) is 20.7. The molecule has 0 atom stereocenters. The molecule has 5 aromatic rings. The Kier molecular flexibility index (Phi) is 5.72. The second kappa shape index (κ2) is 9.12. The van der Waals surface area contributed by atoms with E-state index in [1.807, 2.05) is 43.3 Å². The van der Waals surface area contributed by atoms with Crippen molar-refractivity contribution >= 4 is 39.3 Å². The van der Waals surface area contributed by atoms with Gasteiger partial charge in [-0.25, -0.2) is 0 Å². The lowest BCUT2D eigenvalue weighted by Crippen LogP contribution is -2.15. The van der Waals surface area contributed by atoms with Crippen LogP contribution in [0.3, 0.4) is 0 Å². The zero-order valence-electron chi connectivity index (χ0n) is 18.5. The highest BCUT2D eigenvalue weighted by Gasteiger charge is 2.15. The summed E-state index contributed by atoms with van der Waals surface area (Å²) in [4.78, 5) is 17.1. The van der Waals surface area contributed by atoms with Crippen LogP contribution in [-0.4, -0.2) is 20.7 Å². The van der Waals surface area contributed by atoms with Crippen LogP contribution in [0, 0.1) is 0 Å². The zero-order valence-corrected chi connectivity index (χ0v) is 18.5. The van der Waals surface area contributed by atoms with Crippen molar-refractivity contribution in [2.24, 2.45) is 0 Å². The molecule has 6 nitrogen and oxygen atoms in total. The van der Waals surface area contributed by atoms with Crippen LogP contribution in [0.15, 0.2) is 84.9 Å². The van der Waals surface area contributed by atoms with Crippen molar-refractivity contribution in [1.82, 2.24) is 14.8 Å². The summed E-state index contributed by atoms with van der Waals surface area (Å²) in [5.41, 5.74) is 2.29. The Balaban J connectivity index is 1.37.